The number of nitrogens with one attached hydrogen (secondary N) is 1. The summed E-state index contributed by atoms with van der Waals surface area (Å²) in [6, 6.07) is 7.64. The molecule has 5 nitrogen and oxygen atoms in total. The molecule has 0 aliphatic carbocycles. The van der Waals surface area contributed by atoms with E-state index in [-0.39, 0.29) is 12.3 Å². The number of ether oxygens (including phenoxy) is 2. The van der Waals surface area contributed by atoms with Crippen molar-refractivity contribution < 1.29 is 18.7 Å². The van der Waals surface area contributed by atoms with Crippen molar-refractivity contribution in [3.63, 3.8) is 0 Å². The first-order chi connectivity index (χ1) is 12.5. The van der Waals surface area contributed by atoms with Crippen LogP contribution in [0, 0.1) is 13.8 Å². The average molecular weight is 416 g/mol. The zero-order valence-electron chi connectivity index (χ0n) is 14.5. The van der Waals surface area contributed by atoms with Crippen molar-refractivity contribution in [1.82, 2.24) is 0 Å². The topological polar surface area (TPSA) is 60.7 Å². The average Bonchev–Trinajstić information content (AvgIpc) is 3.02. The van der Waals surface area contributed by atoms with Crippen molar-refractivity contribution >= 4 is 38.5 Å². The molecule has 3 aromatic rings. The van der Waals surface area contributed by atoms with Gasteiger partial charge < -0.3 is 19.2 Å². The molecule has 134 valence electrons. The predicted molar refractivity (Wildman–Crippen MR) is 103 cm³/mol. The minimum absolute atomic E-state index is 0.122. The number of halogens is 1. The molecule has 0 saturated heterocycles. The molecule has 1 aliphatic heterocycles. The van der Waals surface area contributed by atoms with Gasteiger partial charge in [0.1, 0.15) is 18.8 Å². The summed E-state index contributed by atoms with van der Waals surface area (Å²) < 4.78 is 17.5. The Kier molecular flexibility index (Phi) is 4.36. The van der Waals surface area contributed by atoms with E-state index in [1.54, 1.807) is 12.3 Å². The summed E-state index contributed by atoms with van der Waals surface area (Å²) in [6.45, 7) is 5.10. The summed E-state index contributed by atoms with van der Waals surface area (Å²) in [7, 11) is 0. The summed E-state index contributed by atoms with van der Waals surface area (Å²) in [5, 5.41) is 3.90. The number of furan rings is 1. The van der Waals surface area contributed by atoms with Crippen molar-refractivity contribution in [3.05, 3.63) is 51.7 Å². The fourth-order valence-electron chi connectivity index (χ4n) is 3.05. The van der Waals surface area contributed by atoms with Crippen molar-refractivity contribution in [3.8, 4) is 11.5 Å². The molecule has 0 bridgehead atoms. The lowest BCUT2D eigenvalue weighted by atomic mass is 10.0. The lowest BCUT2D eigenvalue weighted by molar-refractivity contribution is -0.115. The van der Waals surface area contributed by atoms with Crippen LogP contribution in [0.2, 0.25) is 0 Å². The molecule has 6 heteroatoms. The Balaban J connectivity index is 1.56. The lowest BCUT2D eigenvalue weighted by Crippen LogP contribution is -2.17. The molecule has 2 aromatic carbocycles. The van der Waals surface area contributed by atoms with Crippen molar-refractivity contribution in [1.29, 1.82) is 0 Å². The molecule has 1 amide bonds. The predicted octanol–water partition coefficient (Wildman–Crippen LogP) is 4.76. The molecule has 2 heterocycles. The van der Waals surface area contributed by atoms with Gasteiger partial charge in [-0.05, 0) is 40.9 Å². The van der Waals surface area contributed by atoms with E-state index in [0.717, 1.165) is 26.6 Å². The van der Waals surface area contributed by atoms with E-state index in [2.05, 4.69) is 21.2 Å². The molecular formula is C20H18BrNO4. The van der Waals surface area contributed by atoms with Gasteiger partial charge in [-0.3, -0.25) is 4.79 Å². The van der Waals surface area contributed by atoms with Crippen LogP contribution in [0.4, 0.5) is 5.69 Å². The van der Waals surface area contributed by atoms with Crippen molar-refractivity contribution in [2.75, 3.05) is 18.5 Å². The number of benzene rings is 2. The molecule has 0 saturated carbocycles. The highest BCUT2D eigenvalue weighted by Crippen LogP contribution is 2.38. The molecule has 1 aromatic heterocycles. The third-order valence-electron chi connectivity index (χ3n) is 4.60. The highest BCUT2D eigenvalue weighted by Gasteiger charge is 2.17. The summed E-state index contributed by atoms with van der Waals surface area (Å²) >= 11 is 3.47. The second-order valence-electron chi connectivity index (χ2n) is 6.35. The molecule has 0 radical (unpaired) electrons. The smallest absolute Gasteiger partial charge is 0.228 e. The number of hydrogen-bond donors (Lipinski definition) is 1. The molecule has 1 N–H and O–H groups in total. The van der Waals surface area contributed by atoms with Crippen LogP contribution < -0.4 is 14.8 Å². The lowest BCUT2D eigenvalue weighted by Gasteiger charge is -2.20. The number of rotatable bonds is 3. The maximum Gasteiger partial charge on any atom is 0.228 e. The largest absolute Gasteiger partial charge is 0.486 e. The van der Waals surface area contributed by atoms with E-state index in [9.17, 15) is 4.79 Å². The van der Waals surface area contributed by atoms with Crippen molar-refractivity contribution in [2.45, 2.75) is 20.3 Å². The van der Waals surface area contributed by atoms with Gasteiger partial charge in [0.15, 0.2) is 11.5 Å². The number of aryl methyl sites for hydroxylation is 2. The van der Waals surface area contributed by atoms with Gasteiger partial charge in [0, 0.05) is 27.6 Å². The molecule has 0 atom stereocenters. The minimum atomic E-state index is -0.122. The van der Waals surface area contributed by atoms with Gasteiger partial charge in [0.2, 0.25) is 5.91 Å². The molecule has 4 rings (SSSR count). The molecule has 0 fully saturated rings. The van der Waals surface area contributed by atoms with Crippen molar-refractivity contribution in [2.24, 2.45) is 0 Å². The normalized spacial score (nSPS) is 13.0. The van der Waals surface area contributed by atoms with E-state index in [4.69, 9.17) is 13.9 Å². The Morgan fingerprint density at radius 1 is 1.15 bits per heavy atom. The van der Waals surface area contributed by atoms with Gasteiger partial charge in [0.05, 0.1) is 18.4 Å². The third kappa shape index (κ3) is 3.05. The fraction of sp³-hybridized carbons (Fsp3) is 0.250. The quantitative estimate of drug-likeness (QED) is 0.669. The van der Waals surface area contributed by atoms with Crippen LogP contribution in [0.25, 0.3) is 11.0 Å². The highest BCUT2D eigenvalue weighted by atomic mass is 79.9. The summed E-state index contributed by atoms with van der Waals surface area (Å²) in [5.41, 5.74) is 4.63. The second-order valence-corrected chi connectivity index (χ2v) is 7.20. The Bertz CT molecular complexity index is 1010. The van der Waals surface area contributed by atoms with E-state index in [0.29, 0.717) is 30.4 Å². The van der Waals surface area contributed by atoms with Gasteiger partial charge >= 0.3 is 0 Å². The van der Waals surface area contributed by atoms with Crippen LogP contribution in [0.3, 0.4) is 0 Å². The highest BCUT2D eigenvalue weighted by molar-refractivity contribution is 9.10. The summed E-state index contributed by atoms with van der Waals surface area (Å²) in [5.74, 6) is 1.19. The third-order valence-corrected chi connectivity index (χ3v) is 5.25. The monoisotopic (exact) mass is 415 g/mol. The number of amides is 1. The molecule has 0 spiro atoms. The molecular weight excluding hydrogens is 398 g/mol. The zero-order valence-corrected chi connectivity index (χ0v) is 16.1. The van der Waals surface area contributed by atoms with Crippen LogP contribution in [0.15, 0.2) is 39.4 Å². The first-order valence-electron chi connectivity index (χ1n) is 8.38. The fourth-order valence-corrected chi connectivity index (χ4v) is 3.47. The number of hydrogen-bond acceptors (Lipinski definition) is 4. The van der Waals surface area contributed by atoms with Crippen LogP contribution in [0.5, 0.6) is 11.5 Å². The number of carbonyl (C=O) groups is 1. The van der Waals surface area contributed by atoms with Gasteiger partial charge in [-0.15, -0.1) is 0 Å². The van der Waals surface area contributed by atoms with Gasteiger partial charge in [-0.2, -0.15) is 0 Å². The van der Waals surface area contributed by atoms with E-state index in [1.807, 2.05) is 32.0 Å². The second kappa shape index (κ2) is 6.68. The Morgan fingerprint density at radius 2 is 1.88 bits per heavy atom. The minimum Gasteiger partial charge on any atom is -0.486 e. The Hall–Kier alpha value is -2.47. The van der Waals surface area contributed by atoms with Crippen LogP contribution in [-0.2, 0) is 11.2 Å². The van der Waals surface area contributed by atoms with Gasteiger partial charge in [0.25, 0.3) is 0 Å². The Morgan fingerprint density at radius 3 is 2.65 bits per heavy atom. The van der Waals surface area contributed by atoms with E-state index in [1.165, 1.54) is 5.56 Å². The van der Waals surface area contributed by atoms with Gasteiger partial charge in [-0.1, -0.05) is 12.1 Å². The molecule has 0 unspecified atom stereocenters. The van der Waals surface area contributed by atoms with Crippen LogP contribution in [-0.4, -0.2) is 19.1 Å². The SMILES string of the molecule is Cc1ccc2c(CC(=O)Nc3cc4c(cc3Br)OCCO4)coc2c1C. The number of anilines is 1. The van der Waals surface area contributed by atoms with Crippen LogP contribution in [0.1, 0.15) is 16.7 Å². The summed E-state index contributed by atoms with van der Waals surface area (Å²) in [6.07, 6.45) is 1.89. The zero-order chi connectivity index (χ0) is 18.3. The number of carbonyl (C=O) groups excluding carboxylic acids is 1. The first kappa shape index (κ1) is 17.0. The molecule has 1 aliphatic rings. The number of fused-ring (bicyclic) bond motifs is 2. The van der Waals surface area contributed by atoms with E-state index < -0.39 is 0 Å². The maximum atomic E-state index is 12.5. The Labute approximate surface area is 159 Å². The van der Waals surface area contributed by atoms with Gasteiger partial charge in [-0.25, -0.2) is 0 Å². The standard InChI is InChI=1S/C20H18BrNO4/c1-11-3-4-14-13(10-26-20(14)12(11)2)7-19(23)22-16-9-18-17(8-15(16)21)24-5-6-25-18/h3-4,8-10H,5-7H2,1-2H3,(H,22,23). The summed E-state index contributed by atoms with van der Waals surface area (Å²) in [4.78, 5) is 12.5. The van der Waals surface area contributed by atoms with E-state index >= 15 is 0 Å². The maximum absolute atomic E-state index is 12.5. The first-order valence-corrected chi connectivity index (χ1v) is 9.17. The van der Waals surface area contributed by atoms with Crippen LogP contribution >= 0.6 is 15.9 Å². The molecule has 26 heavy (non-hydrogen) atoms.